The largest absolute Gasteiger partial charge is 0.381 e. The molecule has 23 heavy (non-hydrogen) atoms. The molecule has 126 valence electrons. The number of hydrogen-bond acceptors (Lipinski definition) is 5. The second-order valence-electron chi connectivity index (χ2n) is 7.11. The summed E-state index contributed by atoms with van der Waals surface area (Å²) in [6.07, 6.45) is 3.84. The van der Waals surface area contributed by atoms with Gasteiger partial charge in [0.2, 0.25) is 10.0 Å². The highest BCUT2D eigenvalue weighted by Gasteiger charge is 2.56. The maximum Gasteiger partial charge on any atom is 0.244 e. The van der Waals surface area contributed by atoms with Gasteiger partial charge in [0.25, 0.3) is 0 Å². The zero-order valence-corrected chi connectivity index (χ0v) is 14.3. The minimum atomic E-state index is -3.39. The number of pyridine rings is 1. The molecule has 4 heterocycles. The van der Waals surface area contributed by atoms with Crippen LogP contribution in [0.2, 0.25) is 0 Å². The van der Waals surface area contributed by atoms with Crippen LogP contribution in [0.4, 0.5) is 0 Å². The molecule has 0 bridgehead atoms. The van der Waals surface area contributed by atoms with Crippen LogP contribution in [0.15, 0.2) is 23.2 Å². The number of likely N-dealkylation sites (tertiary alicyclic amines) is 1. The summed E-state index contributed by atoms with van der Waals surface area (Å²) in [5.74, 6) is 0. The van der Waals surface area contributed by atoms with Crippen LogP contribution in [-0.2, 0) is 14.8 Å². The molecule has 0 unspecified atom stereocenters. The quantitative estimate of drug-likeness (QED) is 0.819. The fourth-order valence-corrected chi connectivity index (χ4v) is 5.92. The van der Waals surface area contributed by atoms with Gasteiger partial charge >= 0.3 is 0 Å². The van der Waals surface area contributed by atoms with Gasteiger partial charge in [-0.05, 0) is 31.9 Å². The summed E-state index contributed by atoms with van der Waals surface area (Å²) in [6, 6.07) is 3.96. The molecule has 7 heteroatoms. The highest BCUT2D eigenvalue weighted by molar-refractivity contribution is 7.89. The second kappa shape index (κ2) is 5.51. The Kier molecular flexibility index (Phi) is 3.72. The monoisotopic (exact) mass is 337 g/mol. The Balaban J connectivity index is 1.38. The van der Waals surface area contributed by atoms with Crippen molar-refractivity contribution in [1.82, 2.24) is 14.2 Å². The highest BCUT2D eigenvalue weighted by Crippen LogP contribution is 2.44. The van der Waals surface area contributed by atoms with Crippen LogP contribution in [0.1, 0.15) is 18.5 Å². The standard InChI is InChI=1S/C16H23N3O3S/c1-13-15(3-2-6-17-13)23(20,21)19-11-16(12-19)9-18(10-16)14-4-7-22-8-5-14/h2-3,6,14H,4-5,7-12H2,1H3. The Morgan fingerprint density at radius 2 is 1.91 bits per heavy atom. The Hall–Kier alpha value is -1.02. The van der Waals surface area contributed by atoms with Crippen molar-refractivity contribution in [3.05, 3.63) is 24.0 Å². The van der Waals surface area contributed by atoms with Crippen molar-refractivity contribution in [1.29, 1.82) is 0 Å². The van der Waals surface area contributed by atoms with Crippen LogP contribution in [-0.4, -0.2) is 68.0 Å². The molecule has 3 aliphatic rings. The number of ether oxygens (including phenoxy) is 1. The summed E-state index contributed by atoms with van der Waals surface area (Å²) >= 11 is 0. The molecular weight excluding hydrogens is 314 g/mol. The Morgan fingerprint density at radius 3 is 2.57 bits per heavy atom. The molecule has 1 spiro atoms. The molecule has 0 N–H and O–H groups in total. The van der Waals surface area contributed by atoms with Crippen LogP contribution in [0, 0.1) is 12.3 Å². The lowest BCUT2D eigenvalue weighted by atomic mass is 9.73. The average Bonchev–Trinajstić information content (AvgIpc) is 2.45. The molecule has 3 aliphatic heterocycles. The first-order valence-electron chi connectivity index (χ1n) is 8.24. The van der Waals surface area contributed by atoms with Crippen molar-refractivity contribution >= 4 is 10.0 Å². The van der Waals surface area contributed by atoms with Crippen LogP contribution in [0.5, 0.6) is 0 Å². The van der Waals surface area contributed by atoms with E-state index in [-0.39, 0.29) is 5.41 Å². The van der Waals surface area contributed by atoms with Crippen molar-refractivity contribution in [2.75, 3.05) is 39.4 Å². The minimum absolute atomic E-state index is 0.182. The van der Waals surface area contributed by atoms with E-state index < -0.39 is 10.0 Å². The molecule has 1 aromatic heterocycles. The van der Waals surface area contributed by atoms with Crippen LogP contribution < -0.4 is 0 Å². The van der Waals surface area contributed by atoms with Gasteiger partial charge in [0.15, 0.2) is 0 Å². The number of hydrogen-bond donors (Lipinski definition) is 0. The van der Waals surface area contributed by atoms with Crippen LogP contribution in [0.25, 0.3) is 0 Å². The van der Waals surface area contributed by atoms with E-state index in [2.05, 4.69) is 9.88 Å². The summed E-state index contributed by atoms with van der Waals surface area (Å²) < 4.78 is 32.4. The van der Waals surface area contributed by atoms with Gasteiger partial charge < -0.3 is 4.74 Å². The van der Waals surface area contributed by atoms with Gasteiger partial charge in [0, 0.05) is 57.0 Å². The zero-order chi connectivity index (χ0) is 16.1. The van der Waals surface area contributed by atoms with E-state index in [0.717, 1.165) is 39.1 Å². The fourth-order valence-electron chi connectivity index (χ4n) is 4.08. The Labute approximate surface area is 137 Å². The number of aromatic nitrogens is 1. The SMILES string of the molecule is Cc1ncccc1S(=O)(=O)N1CC2(CN(C3CCOCC3)C2)C1. The number of aryl methyl sites for hydroxylation is 1. The molecule has 3 fully saturated rings. The van der Waals surface area contributed by atoms with Crippen LogP contribution >= 0.6 is 0 Å². The van der Waals surface area contributed by atoms with Gasteiger partial charge in [0.1, 0.15) is 4.90 Å². The van der Waals surface area contributed by atoms with E-state index in [9.17, 15) is 8.42 Å². The number of rotatable bonds is 3. The molecule has 6 nitrogen and oxygen atoms in total. The van der Waals surface area contributed by atoms with Crippen molar-refractivity contribution in [3.8, 4) is 0 Å². The lowest BCUT2D eigenvalue weighted by Gasteiger charge is -2.61. The summed E-state index contributed by atoms with van der Waals surface area (Å²) in [4.78, 5) is 6.95. The van der Waals surface area contributed by atoms with Gasteiger partial charge in [-0.15, -0.1) is 0 Å². The van der Waals surface area contributed by atoms with Crippen molar-refractivity contribution in [2.24, 2.45) is 5.41 Å². The fraction of sp³-hybridized carbons (Fsp3) is 0.688. The number of sulfonamides is 1. The maximum absolute atomic E-state index is 12.7. The van der Waals surface area contributed by atoms with Crippen molar-refractivity contribution < 1.29 is 13.2 Å². The number of nitrogens with zero attached hydrogens (tertiary/aromatic N) is 3. The van der Waals surface area contributed by atoms with Gasteiger partial charge in [-0.3, -0.25) is 9.88 Å². The highest BCUT2D eigenvalue weighted by atomic mass is 32.2. The molecule has 1 aromatic rings. The third kappa shape index (κ3) is 2.59. The third-order valence-corrected chi connectivity index (χ3v) is 7.31. The first kappa shape index (κ1) is 15.5. The van der Waals surface area contributed by atoms with Gasteiger partial charge in [-0.1, -0.05) is 0 Å². The van der Waals surface area contributed by atoms with E-state index in [1.54, 1.807) is 29.6 Å². The van der Waals surface area contributed by atoms with Crippen molar-refractivity contribution in [2.45, 2.75) is 30.7 Å². The summed E-state index contributed by atoms with van der Waals surface area (Å²) in [6.45, 7) is 6.79. The molecule has 0 amide bonds. The molecule has 0 saturated carbocycles. The molecule has 0 atom stereocenters. The van der Waals surface area contributed by atoms with Crippen LogP contribution in [0.3, 0.4) is 0 Å². The Morgan fingerprint density at radius 1 is 1.22 bits per heavy atom. The minimum Gasteiger partial charge on any atom is -0.381 e. The average molecular weight is 337 g/mol. The summed E-state index contributed by atoms with van der Waals surface area (Å²) in [5, 5.41) is 0. The predicted molar refractivity (Wildman–Crippen MR) is 85.6 cm³/mol. The first-order valence-corrected chi connectivity index (χ1v) is 9.68. The van der Waals surface area contributed by atoms with Gasteiger partial charge in [0.05, 0.1) is 5.69 Å². The van der Waals surface area contributed by atoms with E-state index in [1.165, 1.54) is 0 Å². The van der Waals surface area contributed by atoms with E-state index >= 15 is 0 Å². The normalized spacial score (nSPS) is 26.0. The summed E-state index contributed by atoms with van der Waals surface area (Å²) in [7, 11) is -3.39. The molecule has 0 aromatic carbocycles. The van der Waals surface area contributed by atoms with E-state index in [1.807, 2.05) is 0 Å². The Bertz CT molecular complexity index is 686. The van der Waals surface area contributed by atoms with E-state index in [0.29, 0.717) is 29.7 Å². The zero-order valence-electron chi connectivity index (χ0n) is 13.4. The predicted octanol–water partition coefficient (Wildman–Crippen LogP) is 0.875. The lowest BCUT2D eigenvalue weighted by molar-refractivity contribution is -0.116. The first-order chi connectivity index (χ1) is 11.0. The molecule has 0 aliphatic carbocycles. The lowest BCUT2D eigenvalue weighted by Crippen LogP contribution is -2.74. The smallest absolute Gasteiger partial charge is 0.244 e. The molecule has 3 saturated heterocycles. The van der Waals surface area contributed by atoms with E-state index in [4.69, 9.17) is 4.74 Å². The third-order valence-electron chi connectivity index (χ3n) is 5.38. The topological polar surface area (TPSA) is 62.7 Å². The van der Waals surface area contributed by atoms with Gasteiger partial charge in [-0.25, -0.2) is 8.42 Å². The van der Waals surface area contributed by atoms with Gasteiger partial charge in [-0.2, -0.15) is 4.31 Å². The van der Waals surface area contributed by atoms with Crippen molar-refractivity contribution in [3.63, 3.8) is 0 Å². The molecular formula is C16H23N3O3S. The summed E-state index contributed by atoms with van der Waals surface area (Å²) in [5.41, 5.74) is 0.757. The maximum atomic E-state index is 12.7. The second-order valence-corrected chi connectivity index (χ2v) is 9.01. The molecule has 4 rings (SSSR count). The molecule has 0 radical (unpaired) electrons.